The van der Waals surface area contributed by atoms with E-state index in [-0.39, 0.29) is 16.4 Å². The Balaban J connectivity index is 1.74. The summed E-state index contributed by atoms with van der Waals surface area (Å²) in [4.78, 5) is 11.3. The fourth-order valence-electron chi connectivity index (χ4n) is 3.71. The SMILES string of the molecule is CC(=O)c1cc(Cl)c(OCC2=CC[C@H]3C[C@@H]2C3(C)C)cc1F. The molecule has 0 N–H and O–H groups in total. The molecule has 4 rings (SSSR count). The molecular formula is C18H20ClFO2. The Hall–Kier alpha value is -1.35. The second kappa shape index (κ2) is 5.38. The van der Waals surface area contributed by atoms with Crippen LogP contribution in [0.25, 0.3) is 0 Å². The van der Waals surface area contributed by atoms with Crippen molar-refractivity contribution in [3.63, 3.8) is 0 Å². The number of hydrogen-bond donors (Lipinski definition) is 0. The van der Waals surface area contributed by atoms with Crippen molar-refractivity contribution in [2.24, 2.45) is 17.3 Å². The lowest BCUT2D eigenvalue weighted by molar-refractivity contribution is -0.0115. The average Bonchev–Trinajstić information content (AvgIpc) is 2.47. The van der Waals surface area contributed by atoms with E-state index in [1.54, 1.807) is 0 Å². The fourth-order valence-corrected chi connectivity index (χ4v) is 3.93. The molecule has 2 bridgehead atoms. The van der Waals surface area contributed by atoms with Crippen LogP contribution >= 0.6 is 11.6 Å². The number of carbonyl (C=O) groups excluding carboxylic acids is 1. The van der Waals surface area contributed by atoms with Gasteiger partial charge in [-0.15, -0.1) is 0 Å². The standard InChI is InChI=1S/C18H20ClFO2/c1-10(21)13-7-15(19)17(8-16(13)20)22-9-11-4-5-12-6-14(11)18(12,2)3/h4,7-8,12,14H,5-6,9H2,1-3H3/t12-,14-/m0/s1. The quantitative estimate of drug-likeness (QED) is 0.572. The summed E-state index contributed by atoms with van der Waals surface area (Å²) >= 11 is 6.10. The molecule has 0 heterocycles. The minimum atomic E-state index is -0.589. The molecule has 2 atom stereocenters. The average molecular weight is 323 g/mol. The molecule has 4 heteroatoms. The van der Waals surface area contributed by atoms with Gasteiger partial charge in [-0.25, -0.2) is 4.39 Å². The van der Waals surface area contributed by atoms with Crippen molar-refractivity contribution in [3.05, 3.63) is 40.2 Å². The number of ether oxygens (including phenoxy) is 1. The lowest BCUT2D eigenvalue weighted by atomic mass is 9.49. The first-order chi connectivity index (χ1) is 10.3. The predicted octanol–water partition coefficient (Wildman–Crippen LogP) is 5.05. The summed E-state index contributed by atoms with van der Waals surface area (Å²) in [6.45, 7) is 6.34. The van der Waals surface area contributed by atoms with Gasteiger partial charge in [0, 0.05) is 6.07 Å². The van der Waals surface area contributed by atoms with Crippen LogP contribution < -0.4 is 4.74 Å². The van der Waals surface area contributed by atoms with Crippen molar-refractivity contribution >= 4 is 17.4 Å². The van der Waals surface area contributed by atoms with Crippen LogP contribution in [0, 0.1) is 23.1 Å². The first-order valence-electron chi connectivity index (χ1n) is 7.62. The molecule has 1 aromatic rings. The van der Waals surface area contributed by atoms with Gasteiger partial charge in [-0.2, -0.15) is 0 Å². The summed E-state index contributed by atoms with van der Waals surface area (Å²) in [6, 6.07) is 2.55. The first kappa shape index (κ1) is 15.5. The highest BCUT2D eigenvalue weighted by Crippen LogP contribution is 2.59. The van der Waals surface area contributed by atoms with Gasteiger partial charge in [-0.1, -0.05) is 31.5 Å². The molecule has 1 fully saturated rings. The van der Waals surface area contributed by atoms with Crippen molar-refractivity contribution in [3.8, 4) is 5.75 Å². The van der Waals surface area contributed by atoms with Crippen molar-refractivity contribution in [1.82, 2.24) is 0 Å². The van der Waals surface area contributed by atoms with Gasteiger partial charge in [0.15, 0.2) is 5.78 Å². The Labute approximate surface area is 135 Å². The summed E-state index contributed by atoms with van der Waals surface area (Å²) in [7, 11) is 0. The van der Waals surface area contributed by atoms with Crippen LogP contribution in [0.2, 0.25) is 5.02 Å². The Bertz CT molecular complexity index is 663. The maximum Gasteiger partial charge on any atom is 0.162 e. The van der Waals surface area contributed by atoms with E-state index >= 15 is 0 Å². The maximum absolute atomic E-state index is 13.9. The Morgan fingerprint density at radius 1 is 1.45 bits per heavy atom. The normalized spacial score (nSPS) is 25.2. The third-order valence-electron chi connectivity index (χ3n) is 5.38. The lowest BCUT2D eigenvalue weighted by Crippen LogP contribution is -2.48. The molecule has 3 aliphatic carbocycles. The highest BCUT2D eigenvalue weighted by atomic mass is 35.5. The number of benzene rings is 1. The first-order valence-corrected chi connectivity index (χ1v) is 8.00. The van der Waals surface area contributed by atoms with Crippen molar-refractivity contribution < 1.29 is 13.9 Å². The number of allylic oxidation sites excluding steroid dienone is 1. The Morgan fingerprint density at radius 2 is 2.18 bits per heavy atom. The number of ketones is 1. The van der Waals surface area contributed by atoms with Crippen LogP contribution in [-0.4, -0.2) is 12.4 Å². The molecule has 118 valence electrons. The summed E-state index contributed by atoms with van der Waals surface area (Å²) in [5.41, 5.74) is 1.61. The summed E-state index contributed by atoms with van der Waals surface area (Å²) in [6.07, 6.45) is 4.55. The minimum Gasteiger partial charge on any atom is -0.488 e. The van der Waals surface area contributed by atoms with E-state index in [1.807, 2.05) is 0 Å². The lowest BCUT2D eigenvalue weighted by Gasteiger charge is -2.56. The second-order valence-corrected chi connectivity index (χ2v) is 7.34. The number of fused-ring (bicyclic) bond motifs is 1. The van der Waals surface area contributed by atoms with E-state index < -0.39 is 5.82 Å². The fraction of sp³-hybridized carbons (Fsp3) is 0.500. The van der Waals surface area contributed by atoms with Gasteiger partial charge >= 0.3 is 0 Å². The van der Waals surface area contributed by atoms with E-state index in [0.717, 1.165) is 12.3 Å². The highest BCUT2D eigenvalue weighted by molar-refractivity contribution is 6.32. The molecule has 0 spiro atoms. The predicted molar refractivity (Wildman–Crippen MR) is 85.0 cm³/mol. The van der Waals surface area contributed by atoms with Gasteiger partial charge < -0.3 is 4.74 Å². The smallest absolute Gasteiger partial charge is 0.162 e. The van der Waals surface area contributed by atoms with Crippen LogP contribution in [0.5, 0.6) is 5.75 Å². The molecule has 2 nitrogen and oxygen atoms in total. The van der Waals surface area contributed by atoms with Crippen LogP contribution in [0.1, 0.15) is 44.0 Å². The highest BCUT2D eigenvalue weighted by Gasteiger charge is 2.51. The van der Waals surface area contributed by atoms with Gasteiger partial charge in [0.05, 0.1) is 10.6 Å². The number of hydrogen-bond acceptors (Lipinski definition) is 2. The monoisotopic (exact) mass is 322 g/mol. The number of carbonyl (C=O) groups is 1. The maximum atomic E-state index is 13.9. The zero-order valence-electron chi connectivity index (χ0n) is 13.1. The van der Waals surface area contributed by atoms with Crippen LogP contribution in [0.4, 0.5) is 4.39 Å². The van der Waals surface area contributed by atoms with Crippen LogP contribution in [0.3, 0.4) is 0 Å². The van der Waals surface area contributed by atoms with Gasteiger partial charge in [0.1, 0.15) is 18.2 Å². The molecule has 1 aromatic carbocycles. The largest absolute Gasteiger partial charge is 0.488 e. The van der Waals surface area contributed by atoms with E-state index in [9.17, 15) is 9.18 Å². The summed E-state index contributed by atoms with van der Waals surface area (Å²) in [5.74, 6) is 0.685. The van der Waals surface area contributed by atoms with Gasteiger partial charge in [-0.3, -0.25) is 4.79 Å². The number of halogens is 2. The zero-order chi connectivity index (χ0) is 16.1. The molecule has 3 aliphatic rings. The van der Waals surface area contributed by atoms with Gasteiger partial charge in [0.2, 0.25) is 0 Å². The molecule has 1 saturated carbocycles. The van der Waals surface area contributed by atoms with Crippen LogP contribution in [-0.2, 0) is 0 Å². The van der Waals surface area contributed by atoms with E-state index in [1.165, 1.54) is 31.1 Å². The third kappa shape index (κ3) is 2.45. The number of Topliss-reactive ketones (excluding diaryl/α,β-unsaturated/α-hetero) is 1. The van der Waals surface area contributed by atoms with Crippen molar-refractivity contribution in [1.29, 1.82) is 0 Å². The minimum absolute atomic E-state index is 0.00259. The van der Waals surface area contributed by atoms with E-state index in [0.29, 0.717) is 23.7 Å². The van der Waals surface area contributed by atoms with E-state index in [2.05, 4.69) is 19.9 Å². The second-order valence-electron chi connectivity index (χ2n) is 6.93. The zero-order valence-corrected chi connectivity index (χ0v) is 13.8. The Kier molecular flexibility index (Phi) is 3.80. The molecule has 0 aromatic heterocycles. The molecule has 0 amide bonds. The number of rotatable bonds is 4. The molecule has 0 aliphatic heterocycles. The molecule has 0 saturated heterocycles. The van der Waals surface area contributed by atoms with Crippen molar-refractivity contribution in [2.45, 2.75) is 33.6 Å². The Morgan fingerprint density at radius 3 is 2.77 bits per heavy atom. The molecule has 22 heavy (non-hydrogen) atoms. The summed E-state index contributed by atoms with van der Waals surface area (Å²) < 4.78 is 19.6. The van der Waals surface area contributed by atoms with Gasteiger partial charge in [-0.05, 0) is 48.7 Å². The molecule has 0 unspecified atom stereocenters. The topological polar surface area (TPSA) is 26.3 Å². The molecule has 0 radical (unpaired) electrons. The van der Waals surface area contributed by atoms with Crippen LogP contribution in [0.15, 0.2) is 23.8 Å². The summed E-state index contributed by atoms with van der Waals surface area (Å²) in [5, 5.41) is 0.272. The molecular weight excluding hydrogens is 303 g/mol. The van der Waals surface area contributed by atoms with Gasteiger partial charge in [0.25, 0.3) is 0 Å². The van der Waals surface area contributed by atoms with E-state index in [4.69, 9.17) is 16.3 Å². The third-order valence-corrected chi connectivity index (χ3v) is 5.67. The van der Waals surface area contributed by atoms with Crippen molar-refractivity contribution in [2.75, 3.05) is 6.61 Å².